The van der Waals surface area contributed by atoms with E-state index in [1.807, 2.05) is 6.07 Å². The summed E-state index contributed by atoms with van der Waals surface area (Å²) in [5, 5.41) is 0. The minimum absolute atomic E-state index is 0.0298. The molecule has 0 spiro atoms. The van der Waals surface area contributed by atoms with Crippen LogP contribution in [0.1, 0.15) is 48.3 Å². The van der Waals surface area contributed by atoms with Gasteiger partial charge < -0.3 is 4.74 Å². The van der Waals surface area contributed by atoms with Crippen molar-refractivity contribution in [1.29, 1.82) is 0 Å². The number of halogens is 3. The van der Waals surface area contributed by atoms with E-state index in [1.54, 1.807) is 19.1 Å². The first kappa shape index (κ1) is 20.1. The molecule has 0 saturated heterocycles. The zero-order valence-corrected chi connectivity index (χ0v) is 15.9. The first-order chi connectivity index (χ1) is 13.5. The quantitative estimate of drug-likeness (QED) is 0.444. The van der Waals surface area contributed by atoms with Gasteiger partial charge in [-0.1, -0.05) is 36.6 Å². The molecule has 0 atom stereocenters. The second kappa shape index (κ2) is 9.01. The fourth-order valence-corrected chi connectivity index (χ4v) is 3.53. The van der Waals surface area contributed by atoms with Gasteiger partial charge in [-0.2, -0.15) is 4.39 Å². The van der Waals surface area contributed by atoms with Crippen LogP contribution in [-0.2, 0) is 0 Å². The molecule has 28 heavy (non-hydrogen) atoms. The molecule has 146 valence electrons. The number of hydrogen-bond donors (Lipinski definition) is 0. The summed E-state index contributed by atoms with van der Waals surface area (Å²) in [7, 11) is 0. The zero-order chi connectivity index (χ0) is 20.1. The third-order valence-corrected chi connectivity index (χ3v) is 5.19. The van der Waals surface area contributed by atoms with Gasteiger partial charge in [0, 0.05) is 11.5 Å². The maximum absolute atomic E-state index is 14.5. The summed E-state index contributed by atoms with van der Waals surface area (Å²) in [6, 6.07) is 8.07. The first-order valence-corrected chi connectivity index (χ1v) is 9.49. The van der Waals surface area contributed by atoms with E-state index in [2.05, 4.69) is 18.4 Å². The van der Waals surface area contributed by atoms with Crippen LogP contribution < -0.4 is 4.74 Å². The van der Waals surface area contributed by atoms with Crippen molar-refractivity contribution >= 4 is 0 Å². The highest BCUT2D eigenvalue weighted by atomic mass is 19.2. The minimum Gasteiger partial charge on any atom is -0.486 e. The molecular weight excluding hydrogens is 361 g/mol. The largest absolute Gasteiger partial charge is 0.486 e. The zero-order valence-electron chi connectivity index (χ0n) is 15.9. The van der Waals surface area contributed by atoms with Gasteiger partial charge in [0.1, 0.15) is 12.4 Å². The Morgan fingerprint density at radius 3 is 2.50 bits per heavy atom. The van der Waals surface area contributed by atoms with Gasteiger partial charge >= 0.3 is 0 Å². The predicted molar refractivity (Wildman–Crippen MR) is 105 cm³/mol. The van der Waals surface area contributed by atoms with Gasteiger partial charge in [-0.05, 0) is 67.9 Å². The fraction of sp³-hybridized carbons (Fsp3) is 0.333. The van der Waals surface area contributed by atoms with Crippen LogP contribution in [0.25, 0.3) is 0 Å². The average Bonchev–Trinajstić information content (AvgIpc) is 2.70. The van der Waals surface area contributed by atoms with Gasteiger partial charge in [0.15, 0.2) is 11.6 Å². The van der Waals surface area contributed by atoms with Gasteiger partial charge in [-0.25, -0.2) is 8.78 Å². The van der Waals surface area contributed by atoms with Gasteiger partial charge in [-0.15, -0.1) is 0 Å². The van der Waals surface area contributed by atoms with E-state index in [1.165, 1.54) is 18.2 Å². The lowest BCUT2D eigenvalue weighted by Gasteiger charge is -2.26. The summed E-state index contributed by atoms with van der Waals surface area (Å²) in [6.07, 6.45) is 4.58. The number of hydrogen-bond acceptors (Lipinski definition) is 1. The molecule has 0 amide bonds. The normalized spacial score (nSPS) is 18.9. The first-order valence-electron chi connectivity index (χ1n) is 9.49. The Bertz CT molecular complexity index is 915. The highest BCUT2D eigenvalue weighted by Gasteiger charge is 2.26. The third-order valence-electron chi connectivity index (χ3n) is 5.19. The van der Waals surface area contributed by atoms with Crippen molar-refractivity contribution < 1.29 is 17.9 Å². The smallest absolute Gasteiger partial charge is 0.200 e. The lowest BCUT2D eigenvalue weighted by molar-refractivity contribution is 0.326. The molecule has 1 fully saturated rings. The Balaban J connectivity index is 1.64. The van der Waals surface area contributed by atoms with E-state index in [4.69, 9.17) is 4.74 Å². The molecule has 0 unspecified atom stereocenters. The highest BCUT2D eigenvalue weighted by molar-refractivity contribution is 5.37. The van der Waals surface area contributed by atoms with Crippen molar-refractivity contribution in [3.8, 4) is 17.6 Å². The maximum Gasteiger partial charge on any atom is 0.200 e. The second-order valence-corrected chi connectivity index (χ2v) is 7.16. The monoisotopic (exact) mass is 384 g/mol. The minimum atomic E-state index is -0.942. The number of aryl methyl sites for hydroxylation is 1. The Morgan fingerprint density at radius 2 is 1.82 bits per heavy atom. The summed E-state index contributed by atoms with van der Waals surface area (Å²) in [5.74, 6) is 4.27. The van der Waals surface area contributed by atoms with Crippen LogP contribution >= 0.6 is 0 Å². The lowest BCUT2D eigenvalue weighted by Crippen LogP contribution is -2.14. The van der Waals surface area contributed by atoms with Gasteiger partial charge in [0.2, 0.25) is 5.82 Å². The van der Waals surface area contributed by atoms with Gasteiger partial charge in [0.05, 0.1) is 0 Å². The van der Waals surface area contributed by atoms with Crippen LogP contribution in [0.15, 0.2) is 43.0 Å². The summed E-state index contributed by atoms with van der Waals surface area (Å²) in [6.45, 7) is 5.34. The number of ether oxygens (including phenoxy) is 1. The van der Waals surface area contributed by atoms with Gasteiger partial charge in [0.25, 0.3) is 0 Å². The molecule has 0 heterocycles. The summed E-state index contributed by atoms with van der Waals surface area (Å²) in [4.78, 5) is 0. The van der Waals surface area contributed by atoms with E-state index < -0.39 is 11.6 Å². The topological polar surface area (TPSA) is 9.23 Å². The Morgan fingerprint density at radius 1 is 1.07 bits per heavy atom. The summed E-state index contributed by atoms with van der Waals surface area (Å²) in [5.41, 5.74) is 1.66. The number of benzene rings is 2. The summed E-state index contributed by atoms with van der Waals surface area (Å²) < 4.78 is 47.4. The van der Waals surface area contributed by atoms with Crippen molar-refractivity contribution in [2.75, 3.05) is 6.61 Å². The number of rotatable bonds is 4. The van der Waals surface area contributed by atoms with Crippen LogP contribution in [0, 0.1) is 42.1 Å². The van der Waals surface area contributed by atoms with Crippen molar-refractivity contribution in [3.05, 3.63) is 77.1 Å². The SMILES string of the molecule is C=CCOc1ccc(C2CCC(C#Cc3ccc(C)c(F)c3)CC2)c(F)c1F. The van der Waals surface area contributed by atoms with E-state index in [0.29, 0.717) is 16.7 Å². The predicted octanol–water partition coefficient (Wildman–Crippen LogP) is 6.30. The third kappa shape index (κ3) is 4.59. The lowest BCUT2D eigenvalue weighted by atomic mass is 9.78. The second-order valence-electron chi connectivity index (χ2n) is 7.16. The van der Waals surface area contributed by atoms with Crippen molar-refractivity contribution in [3.63, 3.8) is 0 Å². The Kier molecular flexibility index (Phi) is 6.46. The van der Waals surface area contributed by atoms with Crippen LogP contribution in [-0.4, -0.2) is 6.61 Å². The van der Waals surface area contributed by atoms with Crippen molar-refractivity contribution in [2.24, 2.45) is 5.92 Å². The molecule has 1 nitrogen and oxygen atoms in total. The molecular formula is C24H23F3O. The van der Waals surface area contributed by atoms with E-state index >= 15 is 0 Å². The van der Waals surface area contributed by atoms with Crippen molar-refractivity contribution in [1.82, 2.24) is 0 Å². The molecule has 1 aliphatic rings. The fourth-order valence-electron chi connectivity index (χ4n) is 3.53. The molecule has 0 N–H and O–H groups in total. The molecule has 4 heteroatoms. The van der Waals surface area contributed by atoms with E-state index in [-0.39, 0.29) is 30.0 Å². The van der Waals surface area contributed by atoms with Crippen LogP contribution in [0.3, 0.4) is 0 Å². The Labute approximate surface area is 164 Å². The molecule has 0 aliphatic heterocycles. The molecule has 3 rings (SSSR count). The Hall–Kier alpha value is -2.67. The van der Waals surface area contributed by atoms with Crippen LogP contribution in [0.4, 0.5) is 13.2 Å². The standard InChI is InChI=1S/C24H23F3O/c1-3-14-28-22-13-12-20(23(26)24(22)27)19-10-8-17(9-11-19)6-7-18-5-4-16(2)21(25)15-18/h3-5,12-13,15,17,19H,1,8-11,14H2,2H3. The maximum atomic E-state index is 14.5. The molecule has 0 bridgehead atoms. The van der Waals surface area contributed by atoms with Crippen LogP contribution in [0.2, 0.25) is 0 Å². The highest BCUT2D eigenvalue weighted by Crippen LogP contribution is 2.38. The summed E-state index contributed by atoms with van der Waals surface area (Å²) >= 11 is 0. The van der Waals surface area contributed by atoms with E-state index in [9.17, 15) is 13.2 Å². The van der Waals surface area contributed by atoms with Crippen molar-refractivity contribution in [2.45, 2.75) is 38.5 Å². The molecule has 1 aliphatic carbocycles. The molecule has 0 aromatic heterocycles. The molecule has 2 aromatic rings. The van der Waals surface area contributed by atoms with E-state index in [0.717, 1.165) is 25.7 Å². The average molecular weight is 384 g/mol. The molecule has 2 aromatic carbocycles. The molecule has 0 radical (unpaired) electrons. The van der Waals surface area contributed by atoms with Crippen LogP contribution in [0.5, 0.6) is 5.75 Å². The molecule has 1 saturated carbocycles. The van der Waals surface area contributed by atoms with Gasteiger partial charge in [-0.3, -0.25) is 0 Å².